The second-order valence-electron chi connectivity index (χ2n) is 8.13. The Bertz CT molecular complexity index is 876. The molecule has 0 aliphatic rings. The van der Waals surface area contributed by atoms with Crippen LogP contribution in [0.25, 0.3) is 16.0 Å². The molecule has 28 heavy (non-hydrogen) atoms. The lowest BCUT2D eigenvalue weighted by Crippen LogP contribution is -2.47. The molecule has 0 aliphatic heterocycles. The van der Waals surface area contributed by atoms with Gasteiger partial charge in [0, 0.05) is 23.2 Å². The van der Waals surface area contributed by atoms with Crippen LogP contribution in [-0.4, -0.2) is 25.9 Å². The van der Waals surface area contributed by atoms with E-state index in [-0.39, 0.29) is 0 Å². The first-order valence-corrected chi connectivity index (χ1v) is 12.2. The molecule has 150 valence electrons. The first-order chi connectivity index (χ1) is 13.3. The van der Waals surface area contributed by atoms with Crippen molar-refractivity contribution in [2.45, 2.75) is 64.6 Å². The highest BCUT2D eigenvalue weighted by Crippen LogP contribution is 2.42. The van der Waals surface area contributed by atoms with Crippen molar-refractivity contribution in [2.24, 2.45) is 5.11 Å². The summed E-state index contributed by atoms with van der Waals surface area (Å²) in [5.41, 5.74) is 13.3. The number of aromatic nitrogens is 1. The maximum absolute atomic E-state index is 8.55. The molecule has 0 saturated carbocycles. The number of nitrogens with zero attached hydrogens (tertiary/aromatic N) is 4. The lowest BCUT2D eigenvalue weighted by molar-refractivity contribution is 0.322. The molecule has 0 aliphatic carbocycles. The van der Waals surface area contributed by atoms with Crippen molar-refractivity contribution < 1.29 is 4.43 Å². The molecule has 0 fully saturated rings. The van der Waals surface area contributed by atoms with E-state index >= 15 is 0 Å². The van der Waals surface area contributed by atoms with E-state index in [0.717, 1.165) is 16.8 Å². The van der Waals surface area contributed by atoms with Crippen LogP contribution in [0.1, 0.15) is 52.8 Å². The van der Waals surface area contributed by atoms with Gasteiger partial charge in [0.15, 0.2) is 0 Å². The van der Waals surface area contributed by atoms with Crippen LogP contribution >= 0.6 is 0 Å². The number of pyridine rings is 1. The number of azide groups is 1. The molecule has 2 rings (SSSR count). The minimum atomic E-state index is -1.91. The fraction of sp³-hybridized carbons (Fsp3) is 0.545. The third-order valence-corrected chi connectivity index (χ3v) is 11.7. The quantitative estimate of drug-likeness (QED) is 0.169. The van der Waals surface area contributed by atoms with Crippen LogP contribution in [0.4, 0.5) is 0 Å². The van der Waals surface area contributed by atoms with Gasteiger partial charge in [0.05, 0.1) is 12.3 Å². The summed E-state index contributed by atoms with van der Waals surface area (Å²) in [6.07, 6.45) is 2.70. The molecule has 0 radical (unpaired) electrons. The van der Waals surface area contributed by atoms with Crippen molar-refractivity contribution in [3.8, 4) is 11.8 Å². The largest absolute Gasteiger partial charge is 0.405 e. The predicted octanol–water partition coefficient (Wildman–Crippen LogP) is 6.34. The van der Waals surface area contributed by atoms with Crippen molar-refractivity contribution in [1.29, 1.82) is 0 Å². The maximum Gasteiger partial charge on any atom is 0.201 e. The third kappa shape index (κ3) is 4.61. The molecular formula is C22H32N4OSi. The minimum absolute atomic E-state index is 0.433. The van der Waals surface area contributed by atoms with Gasteiger partial charge >= 0.3 is 0 Å². The molecular weight excluding hydrogens is 364 g/mol. The van der Waals surface area contributed by atoms with Crippen LogP contribution < -0.4 is 0 Å². The topological polar surface area (TPSA) is 62.4 Å². The molecule has 0 saturated heterocycles. The van der Waals surface area contributed by atoms with E-state index in [9.17, 15) is 0 Å². The summed E-state index contributed by atoms with van der Waals surface area (Å²) in [4.78, 5) is 2.85. The SMILES string of the molecule is CC(C)[Si](OCC#Cc1c(CCN=[N+]=[N-])cc2ccccn12)(C(C)C)C(C)C. The van der Waals surface area contributed by atoms with Crippen LogP contribution in [0.5, 0.6) is 0 Å². The Kier molecular flexibility index (Phi) is 7.76. The Balaban J connectivity index is 2.28. The van der Waals surface area contributed by atoms with Crippen LogP contribution in [0, 0.1) is 11.8 Å². The van der Waals surface area contributed by atoms with Gasteiger partial charge in [0.2, 0.25) is 8.32 Å². The minimum Gasteiger partial charge on any atom is -0.405 e. The molecule has 0 N–H and O–H groups in total. The summed E-state index contributed by atoms with van der Waals surface area (Å²) in [7, 11) is -1.91. The molecule has 2 heterocycles. The van der Waals surface area contributed by atoms with E-state index in [1.165, 1.54) is 0 Å². The Morgan fingerprint density at radius 2 is 1.82 bits per heavy atom. The molecule has 5 nitrogen and oxygen atoms in total. The highest BCUT2D eigenvalue weighted by atomic mass is 28.4. The van der Waals surface area contributed by atoms with Crippen LogP contribution in [0.3, 0.4) is 0 Å². The highest BCUT2D eigenvalue weighted by Gasteiger charge is 2.44. The van der Waals surface area contributed by atoms with Crippen molar-refractivity contribution in [3.63, 3.8) is 0 Å². The molecule has 0 amide bonds. The fourth-order valence-corrected chi connectivity index (χ4v) is 9.83. The fourth-order valence-electron chi connectivity index (χ4n) is 4.51. The first-order valence-electron chi connectivity index (χ1n) is 10.1. The van der Waals surface area contributed by atoms with Gasteiger partial charge in [-0.2, -0.15) is 0 Å². The Morgan fingerprint density at radius 3 is 2.43 bits per heavy atom. The first kappa shape index (κ1) is 22.1. The number of hydrogen-bond acceptors (Lipinski definition) is 2. The van der Waals surface area contributed by atoms with Gasteiger partial charge in [0.25, 0.3) is 0 Å². The summed E-state index contributed by atoms with van der Waals surface area (Å²) >= 11 is 0. The van der Waals surface area contributed by atoms with E-state index < -0.39 is 8.32 Å². The van der Waals surface area contributed by atoms with E-state index in [0.29, 0.717) is 36.2 Å². The molecule has 2 aromatic heterocycles. The average Bonchev–Trinajstić information content (AvgIpc) is 2.98. The zero-order valence-corrected chi connectivity index (χ0v) is 18.9. The lowest BCUT2D eigenvalue weighted by Gasteiger charge is -2.41. The number of rotatable bonds is 8. The second-order valence-corrected chi connectivity index (χ2v) is 13.6. The van der Waals surface area contributed by atoms with Gasteiger partial charge in [-0.05, 0) is 58.3 Å². The smallest absolute Gasteiger partial charge is 0.201 e. The third-order valence-electron chi connectivity index (χ3n) is 5.61. The van der Waals surface area contributed by atoms with Gasteiger partial charge in [-0.3, -0.25) is 0 Å². The lowest BCUT2D eigenvalue weighted by atomic mass is 10.2. The Hall–Kier alpha value is -2.19. The summed E-state index contributed by atoms with van der Waals surface area (Å²) in [6.45, 7) is 14.6. The molecule has 6 heteroatoms. The van der Waals surface area contributed by atoms with Gasteiger partial charge in [0.1, 0.15) is 0 Å². The Morgan fingerprint density at radius 1 is 1.14 bits per heavy atom. The van der Waals surface area contributed by atoms with Crippen LogP contribution in [0.2, 0.25) is 16.6 Å². The van der Waals surface area contributed by atoms with Crippen molar-refractivity contribution in [2.75, 3.05) is 13.2 Å². The van der Waals surface area contributed by atoms with E-state index in [1.54, 1.807) is 0 Å². The molecule has 0 spiro atoms. The second kappa shape index (κ2) is 9.84. The molecule has 0 aromatic carbocycles. The highest BCUT2D eigenvalue weighted by molar-refractivity contribution is 6.77. The Labute approximate surface area is 169 Å². The molecule has 0 atom stereocenters. The van der Waals surface area contributed by atoms with E-state index in [2.05, 4.69) is 79.9 Å². The summed E-state index contributed by atoms with van der Waals surface area (Å²) < 4.78 is 8.65. The number of hydrogen-bond donors (Lipinski definition) is 0. The molecule has 0 bridgehead atoms. The zero-order chi connectivity index (χ0) is 20.7. The van der Waals surface area contributed by atoms with Crippen LogP contribution in [-0.2, 0) is 10.8 Å². The summed E-state index contributed by atoms with van der Waals surface area (Å²) in [5.74, 6) is 6.60. The van der Waals surface area contributed by atoms with Gasteiger partial charge in [-0.1, -0.05) is 58.6 Å². The zero-order valence-electron chi connectivity index (χ0n) is 17.9. The maximum atomic E-state index is 8.55. The molecule has 2 aromatic rings. The normalized spacial score (nSPS) is 11.8. The number of fused-ring (bicyclic) bond motifs is 1. The average molecular weight is 397 g/mol. The van der Waals surface area contributed by atoms with Gasteiger partial charge in [-0.25, -0.2) is 0 Å². The summed E-state index contributed by atoms with van der Waals surface area (Å²) in [5, 5.41) is 3.67. The van der Waals surface area contributed by atoms with E-state index in [1.807, 2.05) is 18.3 Å². The predicted molar refractivity (Wildman–Crippen MR) is 119 cm³/mol. The van der Waals surface area contributed by atoms with Gasteiger partial charge in [-0.15, -0.1) is 0 Å². The van der Waals surface area contributed by atoms with Crippen molar-refractivity contribution in [3.05, 3.63) is 52.2 Å². The molecule has 0 unspecified atom stereocenters. The van der Waals surface area contributed by atoms with Gasteiger partial charge < -0.3 is 8.83 Å². The monoisotopic (exact) mass is 396 g/mol. The van der Waals surface area contributed by atoms with Crippen molar-refractivity contribution in [1.82, 2.24) is 4.40 Å². The van der Waals surface area contributed by atoms with Crippen LogP contribution in [0.15, 0.2) is 35.6 Å². The van der Waals surface area contributed by atoms with E-state index in [4.69, 9.17) is 9.96 Å². The standard InChI is InChI=1S/C22H32N4OSi/c1-17(2)28(18(3)4,19(5)6)27-15-9-11-22-20(12-13-24-25-23)16-21-10-7-8-14-26(21)22/h7-8,10,14,16-19H,12-13,15H2,1-6H3. The van der Waals surface area contributed by atoms with Crippen molar-refractivity contribution >= 4 is 13.8 Å². The summed E-state index contributed by atoms with van der Waals surface area (Å²) in [6, 6.07) is 8.20.